The molecule has 0 aromatic heterocycles. The molecule has 0 saturated carbocycles. The Bertz CT molecular complexity index is 1290. The minimum atomic E-state index is -0.587. The molecular weight excluding hydrogens is 516 g/mol. The van der Waals surface area contributed by atoms with Crippen molar-refractivity contribution in [2.24, 2.45) is 0 Å². The van der Waals surface area contributed by atoms with Gasteiger partial charge in [-0.2, -0.15) is 0 Å². The number of para-hydroxylation sites is 2. The van der Waals surface area contributed by atoms with Gasteiger partial charge in [0.15, 0.2) is 0 Å². The Labute approximate surface area is 242 Å². The molecule has 0 unspecified atom stereocenters. The van der Waals surface area contributed by atoms with E-state index in [0.717, 1.165) is 73.7 Å². The van der Waals surface area contributed by atoms with E-state index in [-0.39, 0.29) is 12.5 Å². The zero-order valence-electron chi connectivity index (χ0n) is 23.8. The van der Waals surface area contributed by atoms with Gasteiger partial charge in [0.05, 0.1) is 19.3 Å². The molecule has 216 valence electrons. The van der Waals surface area contributed by atoms with Crippen LogP contribution >= 0.6 is 0 Å². The molecule has 8 heteroatoms. The molecule has 41 heavy (non-hydrogen) atoms. The predicted molar refractivity (Wildman–Crippen MR) is 160 cm³/mol. The number of ether oxygens (including phenoxy) is 2. The third kappa shape index (κ3) is 7.38. The second-order valence-corrected chi connectivity index (χ2v) is 10.7. The van der Waals surface area contributed by atoms with Crippen molar-refractivity contribution in [3.63, 3.8) is 0 Å². The van der Waals surface area contributed by atoms with Gasteiger partial charge in [-0.25, -0.2) is 4.79 Å². The first-order chi connectivity index (χ1) is 20.1. The highest BCUT2D eigenvalue weighted by Gasteiger charge is 2.35. The Morgan fingerprint density at radius 1 is 0.854 bits per heavy atom. The Hall–Kier alpha value is -4.04. The summed E-state index contributed by atoms with van der Waals surface area (Å²) in [7, 11) is 1.72. The number of anilines is 1. The smallest absolute Gasteiger partial charge is 0.411 e. The molecule has 1 atom stereocenters. The Morgan fingerprint density at radius 3 is 2.34 bits per heavy atom. The van der Waals surface area contributed by atoms with E-state index in [9.17, 15) is 9.59 Å². The minimum absolute atomic E-state index is 0.124. The number of fused-ring (bicyclic) bond motifs is 1. The lowest BCUT2D eigenvalue weighted by Crippen LogP contribution is -2.52. The number of carbonyl (C=O) groups excluding carboxylic acids is 2. The number of nitrogens with zero attached hydrogens (tertiary/aromatic N) is 3. The van der Waals surface area contributed by atoms with Gasteiger partial charge in [-0.3, -0.25) is 14.6 Å². The number of amides is 2. The second-order valence-electron chi connectivity index (χ2n) is 10.7. The van der Waals surface area contributed by atoms with Gasteiger partial charge in [0, 0.05) is 39.1 Å². The Balaban J connectivity index is 1.07. The first-order valence-electron chi connectivity index (χ1n) is 14.5. The Kier molecular flexibility index (Phi) is 9.75. The summed E-state index contributed by atoms with van der Waals surface area (Å²) in [5.74, 6) is 0.794. The number of carbonyl (C=O) groups is 2. The first kappa shape index (κ1) is 28.5. The zero-order chi connectivity index (χ0) is 28.4. The van der Waals surface area contributed by atoms with Gasteiger partial charge in [-0.15, -0.1) is 0 Å². The van der Waals surface area contributed by atoms with Crippen LogP contribution in [-0.2, 0) is 29.1 Å². The number of piperazine rings is 1. The van der Waals surface area contributed by atoms with E-state index < -0.39 is 12.1 Å². The molecule has 2 aliphatic rings. The van der Waals surface area contributed by atoms with Crippen LogP contribution in [0.4, 0.5) is 10.5 Å². The summed E-state index contributed by atoms with van der Waals surface area (Å²) >= 11 is 0. The molecule has 3 aromatic carbocycles. The van der Waals surface area contributed by atoms with Crippen molar-refractivity contribution < 1.29 is 19.1 Å². The molecule has 0 spiro atoms. The summed E-state index contributed by atoms with van der Waals surface area (Å²) in [6.45, 7) is 6.09. The number of benzene rings is 3. The summed E-state index contributed by atoms with van der Waals surface area (Å²) < 4.78 is 11.1. The molecule has 0 radical (unpaired) electrons. The summed E-state index contributed by atoms with van der Waals surface area (Å²) in [6, 6.07) is 25.2. The number of nitrogens with one attached hydrogen (secondary N) is 1. The summed E-state index contributed by atoms with van der Waals surface area (Å²) in [6.07, 6.45) is 1.92. The average Bonchev–Trinajstić information content (AvgIpc) is 3.03. The molecule has 1 fully saturated rings. The highest BCUT2D eigenvalue weighted by molar-refractivity contribution is 5.86. The average molecular weight is 557 g/mol. The monoisotopic (exact) mass is 556 g/mol. The second kappa shape index (κ2) is 14.0. The van der Waals surface area contributed by atoms with Crippen LogP contribution in [0.1, 0.15) is 29.5 Å². The van der Waals surface area contributed by atoms with Gasteiger partial charge in [-0.05, 0) is 48.2 Å². The highest BCUT2D eigenvalue weighted by Crippen LogP contribution is 2.28. The van der Waals surface area contributed by atoms with Crippen LogP contribution < -0.4 is 15.0 Å². The fraction of sp³-hybridized carbons (Fsp3) is 0.394. The topological polar surface area (TPSA) is 74.4 Å². The molecule has 8 nitrogen and oxygen atoms in total. The lowest BCUT2D eigenvalue weighted by Gasteiger charge is -2.36. The van der Waals surface area contributed by atoms with Gasteiger partial charge in [-0.1, -0.05) is 66.7 Å². The van der Waals surface area contributed by atoms with Gasteiger partial charge in [0.2, 0.25) is 5.91 Å². The molecule has 1 saturated heterocycles. The molecule has 1 N–H and O–H groups in total. The van der Waals surface area contributed by atoms with Crippen LogP contribution in [0.25, 0.3) is 0 Å². The van der Waals surface area contributed by atoms with Crippen molar-refractivity contribution in [2.75, 3.05) is 51.3 Å². The van der Waals surface area contributed by atoms with E-state index in [1.807, 2.05) is 66.7 Å². The molecule has 0 aliphatic carbocycles. The van der Waals surface area contributed by atoms with Crippen LogP contribution in [0.3, 0.4) is 0 Å². The number of unbranched alkanes of at least 4 members (excludes halogenated alkanes) is 1. The molecule has 0 bridgehead atoms. The molecule has 2 aliphatic heterocycles. The van der Waals surface area contributed by atoms with E-state index in [1.54, 1.807) is 12.0 Å². The Morgan fingerprint density at radius 2 is 1.56 bits per heavy atom. The SMILES string of the molecule is COc1ccccc1N1CCN(CCCCNC(=O)[C@H]2Cc3ccccc3CN2C(=O)OCc2ccccc2)CC1. The van der Waals surface area contributed by atoms with Crippen LogP contribution in [0.5, 0.6) is 5.75 Å². The maximum atomic E-state index is 13.3. The molecule has 3 aromatic rings. The van der Waals surface area contributed by atoms with Crippen LogP contribution in [-0.4, -0.2) is 74.2 Å². The van der Waals surface area contributed by atoms with Crippen molar-refractivity contribution in [1.82, 2.24) is 15.1 Å². The van der Waals surface area contributed by atoms with Crippen molar-refractivity contribution in [2.45, 2.75) is 38.5 Å². The van der Waals surface area contributed by atoms with E-state index in [1.165, 1.54) is 0 Å². The van der Waals surface area contributed by atoms with Crippen molar-refractivity contribution in [3.05, 3.63) is 95.6 Å². The zero-order valence-corrected chi connectivity index (χ0v) is 23.8. The van der Waals surface area contributed by atoms with Crippen LogP contribution in [0.2, 0.25) is 0 Å². The highest BCUT2D eigenvalue weighted by atomic mass is 16.6. The van der Waals surface area contributed by atoms with E-state index in [4.69, 9.17) is 9.47 Å². The standard InChI is InChI=1S/C33H40N4O4/c1-40-31-16-8-7-15-29(31)36-21-19-35(20-22-36)18-10-9-17-34-32(38)30-23-27-13-5-6-14-28(27)24-37(30)33(39)41-25-26-11-3-2-4-12-26/h2-8,11-16,30H,9-10,17-25H2,1H3,(H,34,38)/t30-/m1/s1. The van der Waals surface area contributed by atoms with Crippen LogP contribution in [0, 0.1) is 0 Å². The van der Waals surface area contributed by atoms with Gasteiger partial charge >= 0.3 is 6.09 Å². The van der Waals surface area contributed by atoms with E-state index >= 15 is 0 Å². The first-order valence-corrected chi connectivity index (χ1v) is 14.5. The maximum absolute atomic E-state index is 13.3. The fourth-order valence-electron chi connectivity index (χ4n) is 5.64. The number of methoxy groups -OCH3 is 1. The predicted octanol–water partition coefficient (Wildman–Crippen LogP) is 4.48. The third-order valence-electron chi connectivity index (χ3n) is 7.99. The van der Waals surface area contributed by atoms with Crippen LogP contribution in [0.15, 0.2) is 78.9 Å². The third-order valence-corrected chi connectivity index (χ3v) is 7.99. The van der Waals surface area contributed by atoms with Crippen molar-refractivity contribution in [3.8, 4) is 5.75 Å². The minimum Gasteiger partial charge on any atom is -0.495 e. The fourth-order valence-corrected chi connectivity index (χ4v) is 5.64. The largest absolute Gasteiger partial charge is 0.495 e. The van der Waals surface area contributed by atoms with Crippen molar-refractivity contribution >= 4 is 17.7 Å². The number of rotatable bonds is 10. The van der Waals surface area contributed by atoms with Gasteiger partial charge in [0.1, 0.15) is 18.4 Å². The normalized spacial score (nSPS) is 17.0. The number of hydrogen-bond donors (Lipinski definition) is 1. The summed E-state index contributed by atoms with van der Waals surface area (Å²) in [5, 5.41) is 3.09. The van der Waals surface area contributed by atoms with E-state index in [0.29, 0.717) is 19.5 Å². The van der Waals surface area contributed by atoms with Gasteiger partial charge in [0.25, 0.3) is 0 Å². The summed E-state index contributed by atoms with van der Waals surface area (Å²) in [5.41, 5.74) is 4.23. The quantitative estimate of drug-likeness (QED) is 0.372. The summed E-state index contributed by atoms with van der Waals surface area (Å²) in [4.78, 5) is 32.8. The molecular formula is C33H40N4O4. The van der Waals surface area contributed by atoms with Crippen molar-refractivity contribution in [1.29, 1.82) is 0 Å². The molecule has 2 heterocycles. The lowest BCUT2D eigenvalue weighted by atomic mass is 9.94. The molecule has 2 amide bonds. The van der Waals surface area contributed by atoms with E-state index in [2.05, 4.69) is 27.2 Å². The van der Waals surface area contributed by atoms with Gasteiger partial charge < -0.3 is 19.7 Å². The lowest BCUT2D eigenvalue weighted by molar-refractivity contribution is -0.126. The maximum Gasteiger partial charge on any atom is 0.411 e. The molecule has 5 rings (SSSR count). The number of hydrogen-bond acceptors (Lipinski definition) is 6.